The molecule has 1 aromatic heterocycles. The predicted molar refractivity (Wildman–Crippen MR) is 68.2 cm³/mol. The highest BCUT2D eigenvalue weighted by atomic mass is 32.1. The molecule has 0 bridgehead atoms. The number of nitrogens with zero attached hydrogens (tertiary/aromatic N) is 1. The molecule has 6 heteroatoms. The lowest BCUT2D eigenvalue weighted by atomic mass is 10.1. The molecule has 2 atom stereocenters. The number of nitrogens with one attached hydrogen (secondary N) is 1. The van der Waals surface area contributed by atoms with Crippen LogP contribution < -0.4 is 11.1 Å². The van der Waals surface area contributed by atoms with Crippen LogP contribution in [0.25, 0.3) is 0 Å². The third-order valence-electron chi connectivity index (χ3n) is 2.46. The second kappa shape index (κ2) is 6.24. The van der Waals surface area contributed by atoms with Gasteiger partial charge in [-0.2, -0.15) is 11.3 Å². The van der Waals surface area contributed by atoms with Crippen molar-refractivity contribution >= 4 is 23.1 Å². The molecule has 2 unspecified atom stereocenters. The Morgan fingerprint density at radius 1 is 1.65 bits per heavy atom. The Morgan fingerprint density at radius 2 is 2.35 bits per heavy atom. The van der Waals surface area contributed by atoms with Crippen LogP contribution in [-0.2, 0) is 11.2 Å². The number of amidine groups is 1. The second-order valence-corrected chi connectivity index (χ2v) is 4.77. The molecule has 1 amide bonds. The lowest BCUT2D eigenvalue weighted by Crippen LogP contribution is -2.42. The molecule has 94 valence electrons. The molecule has 5 nitrogen and oxygen atoms in total. The maximum atomic E-state index is 11.7. The summed E-state index contributed by atoms with van der Waals surface area (Å²) in [6.45, 7) is 3.52. The molecule has 1 rings (SSSR count). The fourth-order valence-electron chi connectivity index (χ4n) is 1.40. The van der Waals surface area contributed by atoms with Crippen molar-refractivity contribution in [2.75, 3.05) is 0 Å². The molecule has 1 aromatic rings. The Balaban J connectivity index is 2.46. The Labute approximate surface area is 104 Å². The van der Waals surface area contributed by atoms with E-state index in [9.17, 15) is 4.79 Å². The molecule has 4 N–H and O–H groups in total. The number of rotatable bonds is 5. The van der Waals surface area contributed by atoms with Crippen molar-refractivity contribution in [3.8, 4) is 0 Å². The molecule has 0 radical (unpaired) electrons. The molecule has 1 heterocycles. The van der Waals surface area contributed by atoms with E-state index in [2.05, 4.69) is 15.9 Å². The summed E-state index contributed by atoms with van der Waals surface area (Å²) >= 11 is 1.63. The zero-order valence-corrected chi connectivity index (χ0v) is 10.7. The fraction of sp³-hybridized carbons (Fsp3) is 0.455. The first-order chi connectivity index (χ1) is 8.04. The monoisotopic (exact) mass is 255 g/mol. The third kappa shape index (κ3) is 4.07. The molecule has 0 aromatic carbocycles. The van der Waals surface area contributed by atoms with Crippen molar-refractivity contribution in [2.45, 2.75) is 26.3 Å². The van der Waals surface area contributed by atoms with Gasteiger partial charge in [0.15, 0.2) is 5.84 Å². The summed E-state index contributed by atoms with van der Waals surface area (Å²) in [7, 11) is 0. The van der Waals surface area contributed by atoms with Gasteiger partial charge in [0.1, 0.15) is 0 Å². The first-order valence-electron chi connectivity index (χ1n) is 5.33. The zero-order chi connectivity index (χ0) is 12.8. The standard InChI is InChI=1S/C11H17N3O2S/c1-7(5-9-3-4-17-6-9)13-11(15)8(2)10(12)14-16/h3-4,6-8,16H,5H2,1-2H3,(H2,12,14)(H,13,15). The minimum Gasteiger partial charge on any atom is -0.409 e. The molecule has 17 heavy (non-hydrogen) atoms. The maximum Gasteiger partial charge on any atom is 0.230 e. The Kier molecular flexibility index (Phi) is 4.96. The van der Waals surface area contributed by atoms with Crippen LogP contribution in [0.3, 0.4) is 0 Å². The highest BCUT2D eigenvalue weighted by Crippen LogP contribution is 2.09. The van der Waals surface area contributed by atoms with Gasteiger partial charge in [0.2, 0.25) is 5.91 Å². The average molecular weight is 255 g/mol. The maximum absolute atomic E-state index is 11.7. The SMILES string of the molecule is CC(Cc1ccsc1)NC(=O)C(C)C(N)=NO. The van der Waals surface area contributed by atoms with Crippen LogP contribution in [0.1, 0.15) is 19.4 Å². The Hall–Kier alpha value is -1.56. The summed E-state index contributed by atoms with van der Waals surface area (Å²) in [5.41, 5.74) is 6.56. The zero-order valence-electron chi connectivity index (χ0n) is 9.88. The van der Waals surface area contributed by atoms with Gasteiger partial charge >= 0.3 is 0 Å². The van der Waals surface area contributed by atoms with Crippen molar-refractivity contribution in [3.05, 3.63) is 22.4 Å². The van der Waals surface area contributed by atoms with E-state index in [1.165, 1.54) is 5.56 Å². The van der Waals surface area contributed by atoms with Gasteiger partial charge in [0.25, 0.3) is 0 Å². The van der Waals surface area contributed by atoms with Crippen molar-refractivity contribution in [2.24, 2.45) is 16.8 Å². The number of hydrogen-bond acceptors (Lipinski definition) is 4. The van der Waals surface area contributed by atoms with Gasteiger partial charge < -0.3 is 16.3 Å². The van der Waals surface area contributed by atoms with E-state index >= 15 is 0 Å². The minimum atomic E-state index is -0.620. The smallest absolute Gasteiger partial charge is 0.230 e. The highest BCUT2D eigenvalue weighted by molar-refractivity contribution is 7.07. The number of hydrogen-bond donors (Lipinski definition) is 3. The van der Waals surface area contributed by atoms with E-state index in [1.807, 2.05) is 18.4 Å². The molecule has 0 saturated carbocycles. The minimum absolute atomic E-state index is 0.0195. The topological polar surface area (TPSA) is 87.7 Å². The summed E-state index contributed by atoms with van der Waals surface area (Å²) in [6, 6.07) is 2.05. The molecular weight excluding hydrogens is 238 g/mol. The number of nitrogens with two attached hydrogens (primary N) is 1. The molecule has 0 aliphatic rings. The van der Waals surface area contributed by atoms with Gasteiger partial charge in [-0.15, -0.1) is 0 Å². The number of oxime groups is 1. The van der Waals surface area contributed by atoms with E-state index in [0.717, 1.165) is 6.42 Å². The normalized spacial score (nSPS) is 15.3. The average Bonchev–Trinajstić information content (AvgIpc) is 2.79. The van der Waals surface area contributed by atoms with Crippen LogP contribution in [0.5, 0.6) is 0 Å². The Morgan fingerprint density at radius 3 is 2.88 bits per heavy atom. The molecule has 0 saturated heterocycles. The van der Waals surface area contributed by atoms with Crippen molar-refractivity contribution in [3.63, 3.8) is 0 Å². The van der Waals surface area contributed by atoms with Crippen LogP contribution >= 0.6 is 11.3 Å². The van der Waals surface area contributed by atoms with Crippen molar-refractivity contribution in [1.82, 2.24) is 5.32 Å². The van der Waals surface area contributed by atoms with E-state index in [1.54, 1.807) is 18.3 Å². The van der Waals surface area contributed by atoms with Crippen LogP contribution in [0, 0.1) is 5.92 Å². The number of carbonyl (C=O) groups is 1. The fourth-order valence-corrected chi connectivity index (χ4v) is 2.08. The quantitative estimate of drug-likeness (QED) is 0.319. The van der Waals surface area contributed by atoms with E-state index < -0.39 is 5.92 Å². The van der Waals surface area contributed by atoms with Gasteiger partial charge in [0.05, 0.1) is 5.92 Å². The first-order valence-corrected chi connectivity index (χ1v) is 6.27. The third-order valence-corrected chi connectivity index (χ3v) is 3.20. The van der Waals surface area contributed by atoms with Crippen LogP contribution in [0.15, 0.2) is 22.0 Å². The summed E-state index contributed by atoms with van der Waals surface area (Å²) < 4.78 is 0. The van der Waals surface area contributed by atoms with Gasteiger partial charge in [-0.3, -0.25) is 4.79 Å². The highest BCUT2D eigenvalue weighted by Gasteiger charge is 2.19. The van der Waals surface area contributed by atoms with E-state index in [0.29, 0.717) is 0 Å². The summed E-state index contributed by atoms with van der Waals surface area (Å²) in [5, 5.41) is 18.2. The lowest BCUT2D eigenvalue weighted by Gasteiger charge is -2.16. The van der Waals surface area contributed by atoms with Gasteiger partial charge in [-0.25, -0.2) is 0 Å². The second-order valence-electron chi connectivity index (χ2n) is 3.99. The van der Waals surface area contributed by atoms with E-state index in [4.69, 9.17) is 10.9 Å². The predicted octanol–water partition coefficient (Wildman–Crippen LogP) is 1.18. The van der Waals surface area contributed by atoms with Gasteiger partial charge in [-0.1, -0.05) is 5.16 Å². The van der Waals surface area contributed by atoms with Crippen LogP contribution in [-0.4, -0.2) is 23.0 Å². The molecule has 0 fully saturated rings. The summed E-state index contributed by atoms with van der Waals surface area (Å²) in [6.07, 6.45) is 0.776. The van der Waals surface area contributed by atoms with Crippen LogP contribution in [0.2, 0.25) is 0 Å². The summed E-state index contributed by atoms with van der Waals surface area (Å²) in [4.78, 5) is 11.7. The number of thiophene rings is 1. The Bertz CT molecular complexity index is 389. The molecule has 0 aliphatic heterocycles. The van der Waals surface area contributed by atoms with Crippen molar-refractivity contribution < 1.29 is 10.0 Å². The van der Waals surface area contributed by atoms with E-state index in [-0.39, 0.29) is 17.8 Å². The van der Waals surface area contributed by atoms with Gasteiger partial charge in [-0.05, 0) is 42.7 Å². The van der Waals surface area contributed by atoms with Gasteiger partial charge in [0, 0.05) is 6.04 Å². The van der Waals surface area contributed by atoms with Crippen molar-refractivity contribution in [1.29, 1.82) is 0 Å². The molecular formula is C11H17N3O2S. The van der Waals surface area contributed by atoms with Crippen LogP contribution in [0.4, 0.5) is 0 Å². The molecule has 0 aliphatic carbocycles. The lowest BCUT2D eigenvalue weighted by molar-refractivity contribution is -0.123. The molecule has 0 spiro atoms. The summed E-state index contributed by atoms with van der Waals surface area (Å²) in [5.74, 6) is -0.932. The largest absolute Gasteiger partial charge is 0.409 e. The number of amides is 1. The number of carbonyl (C=O) groups excluding carboxylic acids is 1. The first kappa shape index (κ1) is 13.5.